The highest BCUT2D eigenvalue weighted by molar-refractivity contribution is 7.90. The fraction of sp³-hybridized carbons (Fsp3) is 0.286. The van der Waals surface area contributed by atoms with Crippen LogP contribution in [0.1, 0.15) is 5.56 Å². The van der Waals surface area contributed by atoms with Crippen LogP contribution in [0.2, 0.25) is 0 Å². The molecule has 3 heteroatoms. The van der Waals surface area contributed by atoms with Gasteiger partial charge in [-0.15, -0.1) is 0 Å². The normalized spacial score (nSPS) is 13.1. The third-order valence-corrected chi connectivity index (χ3v) is 2.07. The van der Waals surface area contributed by atoms with Gasteiger partial charge in [0.1, 0.15) is 6.26 Å². The smallest absolute Gasteiger partial charge is 0.170 e. The minimum Gasteiger partial charge on any atom is -0.612 e. The van der Waals surface area contributed by atoms with Crippen molar-refractivity contribution in [2.24, 2.45) is 0 Å². The number of rotatable bonds is 1. The zero-order valence-electron chi connectivity index (χ0n) is 6.00. The quantitative estimate of drug-likeness (QED) is 0.570. The van der Waals surface area contributed by atoms with Crippen LogP contribution in [0.4, 0.5) is 0 Å². The molecule has 0 aliphatic heterocycles. The Morgan fingerprint density at radius 2 is 2.20 bits per heavy atom. The second-order valence-corrected chi connectivity index (χ2v) is 3.53. The second kappa shape index (κ2) is 3.03. The Bertz CT molecular complexity index is 225. The molecule has 0 radical (unpaired) electrons. The van der Waals surface area contributed by atoms with Gasteiger partial charge in [0, 0.05) is 6.20 Å². The number of nitrogens with zero attached hydrogens (tertiary/aromatic N) is 1. The Labute approximate surface area is 63.5 Å². The van der Waals surface area contributed by atoms with E-state index in [0.717, 1.165) is 10.5 Å². The Balaban J connectivity index is 2.96. The highest BCUT2D eigenvalue weighted by atomic mass is 32.2. The number of aromatic nitrogens is 1. The van der Waals surface area contributed by atoms with Crippen LogP contribution >= 0.6 is 0 Å². The molecule has 10 heavy (non-hydrogen) atoms. The summed E-state index contributed by atoms with van der Waals surface area (Å²) in [6.45, 7) is 1.93. The highest BCUT2D eigenvalue weighted by Gasteiger charge is 2.02. The van der Waals surface area contributed by atoms with Crippen molar-refractivity contribution in [3.05, 3.63) is 24.0 Å². The first-order chi connectivity index (χ1) is 4.70. The van der Waals surface area contributed by atoms with Gasteiger partial charge in [-0.25, -0.2) is 0 Å². The predicted molar refractivity (Wildman–Crippen MR) is 41.3 cm³/mol. The molecular weight excluding hydrogens is 146 g/mol. The molecule has 1 atom stereocenters. The first-order valence-electron chi connectivity index (χ1n) is 2.95. The third-order valence-electron chi connectivity index (χ3n) is 1.18. The van der Waals surface area contributed by atoms with Crippen LogP contribution in [0.3, 0.4) is 0 Å². The highest BCUT2D eigenvalue weighted by Crippen LogP contribution is 2.07. The van der Waals surface area contributed by atoms with Gasteiger partial charge < -0.3 is 4.55 Å². The lowest BCUT2D eigenvalue weighted by molar-refractivity contribution is 0.600. The number of pyridine rings is 1. The van der Waals surface area contributed by atoms with E-state index < -0.39 is 11.2 Å². The van der Waals surface area contributed by atoms with Crippen LogP contribution in [0.25, 0.3) is 0 Å². The van der Waals surface area contributed by atoms with E-state index >= 15 is 0 Å². The van der Waals surface area contributed by atoms with Crippen LogP contribution in [-0.2, 0) is 11.2 Å². The fourth-order valence-electron chi connectivity index (χ4n) is 0.684. The van der Waals surface area contributed by atoms with E-state index in [9.17, 15) is 4.55 Å². The Morgan fingerprint density at radius 3 is 2.60 bits per heavy atom. The second-order valence-electron chi connectivity index (χ2n) is 2.15. The molecule has 54 valence electrons. The molecule has 0 N–H and O–H groups in total. The third kappa shape index (κ3) is 1.72. The summed E-state index contributed by atoms with van der Waals surface area (Å²) in [5, 5.41) is 0. The molecular formula is C7H9NOS. The summed E-state index contributed by atoms with van der Waals surface area (Å²) in [6, 6.07) is 1.88. The van der Waals surface area contributed by atoms with Gasteiger partial charge in [-0.3, -0.25) is 4.98 Å². The van der Waals surface area contributed by atoms with Gasteiger partial charge >= 0.3 is 0 Å². The molecule has 0 aliphatic rings. The maximum absolute atomic E-state index is 10.9. The molecule has 2 nitrogen and oxygen atoms in total. The minimum absolute atomic E-state index is 0.792. The Hall–Kier alpha value is -0.540. The van der Waals surface area contributed by atoms with Crippen molar-refractivity contribution in [1.29, 1.82) is 0 Å². The van der Waals surface area contributed by atoms with E-state index in [0.29, 0.717) is 0 Å². The molecule has 0 bridgehead atoms. The molecule has 0 spiro atoms. The summed E-state index contributed by atoms with van der Waals surface area (Å²) in [7, 11) is 0. The van der Waals surface area contributed by atoms with Gasteiger partial charge in [0.05, 0.1) is 6.20 Å². The summed E-state index contributed by atoms with van der Waals surface area (Å²) in [4.78, 5) is 4.70. The lowest BCUT2D eigenvalue weighted by atomic mass is 10.3. The number of aryl methyl sites for hydroxylation is 1. The average molecular weight is 155 g/mol. The van der Waals surface area contributed by atoms with E-state index in [4.69, 9.17) is 0 Å². The van der Waals surface area contributed by atoms with Gasteiger partial charge in [-0.1, -0.05) is 0 Å². The van der Waals surface area contributed by atoms with Gasteiger partial charge in [-0.2, -0.15) is 0 Å². The first kappa shape index (κ1) is 7.57. The van der Waals surface area contributed by atoms with Crippen LogP contribution in [0.5, 0.6) is 0 Å². The molecule has 0 aromatic carbocycles. The van der Waals surface area contributed by atoms with Gasteiger partial charge in [0.25, 0.3) is 0 Å². The largest absolute Gasteiger partial charge is 0.612 e. The van der Waals surface area contributed by atoms with Crippen molar-refractivity contribution >= 4 is 11.2 Å². The average Bonchev–Trinajstić information content (AvgIpc) is 1.88. The van der Waals surface area contributed by atoms with Crippen molar-refractivity contribution in [1.82, 2.24) is 4.98 Å². The van der Waals surface area contributed by atoms with Gasteiger partial charge in [0.2, 0.25) is 0 Å². The van der Waals surface area contributed by atoms with Crippen LogP contribution in [0, 0.1) is 6.92 Å². The lowest BCUT2D eigenvalue weighted by Gasteiger charge is -2.02. The summed E-state index contributed by atoms with van der Waals surface area (Å²) in [6.07, 6.45) is 5.02. The van der Waals surface area contributed by atoms with Crippen LogP contribution in [-0.4, -0.2) is 15.8 Å². The monoisotopic (exact) mass is 155 g/mol. The van der Waals surface area contributed by atoms with E-state index in [-0.39, 0.29) is 0 Å². The number of hydrogen-bond donors (Lipinski definition) is 0. The Kier molecular flexibility index (Phi) is 2.29. The summed E-state index contributed by atoms with van der Waals surface area (Å²) in [5.41, 5.74) is 1.05. The van der Waals surface area contributed by atoms with E-state index in [1.54, 1.807) is 18.6 Å². The molecule has 1 unspecified atom stereocenters. The molecule has 1 heterocycles. The summed E-state index contributed by atoms with van der Waals surface area (Å²) >= 11 is -0.902. The summed E-state index contributed by atoms with van der Waals surface area (Å²) < 4.78 is 10.9. The predicted octanol–water partition coefficient (Wildman–Crippen LogP) is 1.13. The molecule has 1 aromatic heterocycles. The maximum Gasteiger partial charge on any atom is 0.170 e. The Morgan fingerprint density at radius 1 is 1.50 bits per heavy atom. The van der Waals surface area contributed by atoms with Crippen molar-refractivity contribution in [3.8, 4) is 0 Å². The zero-order valence-corrected chi connectivity index (χ0v) is 6.81. The van der Waals surface area contributed by atoms with Gasteiger partial charge in [0.15, 0.2) is 4.90 Å². The topological polar surface area (TPSA) is 36.0 Å². The molecule has 0 saturated carbocycles. The molecule has 0 saturated heterocycles. The molecule has 1 rings (SSSR count). The SMILES string of the molecule is Cc1cncc([S+](C)[O-])c1. The van der Waals surface area contributed by atoms with E-state index in [2.05, 4.69) is 4.98 Å². The standard InChI is InChI=1S/C7H9NOS/c1-6-3-7(10(2)9)5-8-4-6/h3-5H,1-2H3. The molecule has 0 fully saturated rings. The number of hydrogen-bond acceptors (Lipinski definition) is 2. The van der Waals surface area contributed by atoms with Crippen molar-refractivity contribution in [3.63, 3.8) is 0 Å². The van der Waals surface area contributed by atoms with E-state index in [1.807, 2.05) is 13.0 Å². The molecule has 0 amide bonds. The minimum atomic E-state index is -0.902. The molecule has 0 aliphatic carbocycles. The van der Waals surface area contributed by atoms with Crippen LogP contribution in [0.15, 0.2) is 23.4 Å². The van der Waals surface area contributed by atoms with E-state index in [1.165, 1.54) is 0 Å². The van der Waals surface area contributed by atoms with Crippen LogP contribution < -0.4 is 0 Å². The van der Waals surface area contributed by atoms with Crippen molar-refractivity contribution in [2.75, 3.05) is 6.26 Å². The zero-order chi connectivity index (χ0) is 7.56. The fourth-order valence-corrected chi connectivity index (χ4v) is 1.25. The lowest BCUT2D eigenvalue weighted by Crippen LogP contribution is -1.97. The molecule has 1 aromatic rings. The first-order valence-corrected chi connectivity index (χ1v) is 4.51. The van der Waals surface area contributed by atoms with Crippen molar-refractivity contribution in [2.45, 2.75) is 11.8 Å². The van der Waals surface area contributed by atoms with Gasteiger partial charge in [-0.05, 0) is 29.7 Å². The maximum atomic E-state index is 10.9. The van der Waals surface area contributed by atoms with Crippen molar-refractivity contribution < 1.29 is 4.55 Å². The summed E-state index contributed by atoms with van der Waals surface area (Å²) in [5.74, 6) is 0.